The maximum absolute atomic E-state index is 2.39. The molecule has 1 heteroatoms. The molecule has 0 aromatic rings. The van der Waals surface area contributed by atoms with Crippen molar-refractivity contribution in [3.05, 3.63) is 11.3 Å². The van der Waals surface area contributed by atoms with E-state index in [9.17, 15) is 0 Å². The molecule has 0 N–H and O–H groups in total. The van der Waals surface area contributed by atoms with Crippen LogP contribution in [0.1, 0.15) is 33.1 Å². The first-order valence-corrected chi connectivity index (χ1v) is 4.09. The molecule has 0 atom stereocenters. The molecule has 1 rings (SSSR count). The highest BCUT2D eigenvalue weighted by molar-refractivity contribution is 5.09. The monoisotopic (exact) mass is 139 g/mol. The SMILES string of the molecule is CC(C)=C1CCCCN1C. The van der Waals surface area contributed by atoms with E-state index in [-0.39, 0.29) is 0 Å². The Kier molecular flexibility index (Phi) is 2.36. The molecule has 1 nitrogen and oxygen atoms in total. The molecule has 0 bridgehead atoms. The standard InChI is InChI=1S/C9H17N/c1-8(2)9-6-4-5-7-10(9)3/h4-7H2,1-3H3. The number of hydrogen-bond acceptors (Lipinski definition) is 1. The number of allylic oxidation sites excluding steroid dienone is 2. The van der Waals surface area contributed by atoms with Crippen LogP contribution in [0.5, 0.6) is 0 Å². The van der Waals surface area contributed by atoms with E-state index in [0.717, 1.165) is 0 Å². The van der Waals surface area contributed by atoms with E-state index >= 15 is 0 Å². The molecular weight excluding hydrogens is 122 g/mol. The van der Waals surface area contributed by atoms with Gasteiger partial charge in [-0.05, 0) is 33.1 Å². The Morgan fingerprint density at radius 2 is 2.00 bits per heavy atom. The average molecular weight is 139 g/mol. The second kappa shape index (κ2) is 3.09. The molecular formula is C9H17N. The molecule has 1 fully saturated rings. The maximum atomic E-state index is 2.39. The van der Waals surface area contributed by atoms with Gasteiger partial charge in [0.2, 0.25) is 0 Å². The largest absolute Gasteiger partial charge is 0.378 e. The predicted octanol–water partition coefficient (Wildman–Crippen LogP) is 2.40. The lowest BCUT2D eigenvalue weighted by molar-refractivity contribution is 0.340. The predicted molar refractivity (Wildman–Crippen MR) is 44.9 cm³/mol. The van der Waals surface area contributed by atoms with Crippen molar-refractivity contribution in [1.29, 1.82) is 0 Å². The molecule has 1 heterocycles. The van der Waals surface area contributed by atoms with Gasteiger partial charge in [-0.15, -0.1) is 0 Å². The maximum Gasteiger partial charge on any atom is 0.0171 e. The summed E-state index contributed by atoms with van der Waals surface area (Å²) in [6.45, 7) is 5.66. The lowest BCUT2D eigenvalue weighted by Crippen LogP contribution is -2.24. The number of hydrogen-bond donors (Lipinski definition) is 0. The minimum absolute atomic E-state index is 1.25. The fourth-order valence-corrected chi connectivity index (χ4v) is 1.60. The molecule has 0 spiro atoms. The van der Waals surface area contributed by atoms with Crippen molar-refractivity contribution in [2.45, 2.75) is 33.1 Å². The molecule has 0 radical (unpaired) electrons. The summed E-state index contributed by atoms with van der Waals surface area (Å²) >= 11 is 0. The summed E-state index contributed by atoms with van der Waals surface area (Å²) < 4.78 is 0. The first-order chi connectivity index (χ1) is 4.72. The van der Waals surface area contributed by atoms with Crippen LogP contribution in [0.25, 0.3) is 0 Å². The topological polar surface area (TPSA) is 3.24 Å². The molecule has 10 heavy (non-hydrogen) atoms. The second-order valence-electron chi connectivity index (χ2n) is 3.33. The molecule has 0 aromatic carbocycles. The minimum atomic E-state index is 1.25. The van der Waals surface area contributed by atoms with Gasteiger partial charge in [0.05, 0.1) is 0 Å². The van der Waals surface area contributed by atoms with Gasteiger partial charge in [-0.1, -0.05) is 5.57 Å². The van der Waals surface area contributed by atoms with Crippen LogP contribution in [0.4, 0.5) is 0 Å². The van der Waals surface area contributed by atoms with E-state index in [1.165, 1.54) is 31.4 Å². The van der Waals surface area contributed by atoms with Crippen molar-refractivity contribution in [3.63, 3.8) is 0 Å². The molecule has 0 saturated carbocycles. The Balaban J connectivity index is 2.65. The van der Waals surface area contributed by atoms with Gasteiger partial charge >= 0.3 is 0 Å². The van der Waals surface area contributed by atoms with Crippen molar-refractivity contribution in [2.75, 3.05) is 13.6 Å². The summed E-state index contributed by atoms with van der Waals surface area (Å²) in [5, 5.41) is 0. The van der Waals surface area contributed by atoms with Gasteiger partial charge in [-0.25, -0.2) is 0 Å². The number of piperidine rings is 1. The number of nitrogens with zero attached hydrogens (tertiary/aromatic N) is 1. The first kappa shape index (κ1) is 7.64. The first-order valence-electron chi connectivity index (χ1n) is 4.09. The highest BCUT2D eigenvalue weighted by Crippen LogP contribution is 2.20. The summed E-state index contributed by atoms with van der Waals surface area (Å²) in [6, 6.07) is 0. The Labute approximate surface area is 63.7 Å². The quantitative estimate of drug-likeness (QED) is 0.498. The molecule has 1 aliphatic heterocycles. The molecule has 0 aliphatic carbocycles. The lowest BCUT2D eigenvalue weighted by atomic mass is 10.0. The summed E-state index contributed by atoms with van der Waals surface area (Å²) in [5.74, 6) is 0. The van der Waals surface area contributed by atoms with E-state index in [0.29, 0.717) is 0 Å². The summed E-state index contributed by atoms with van der Waals surface area (Å²) in [7, 11) is 2.20. The van der Waals surface area contributed by atoms with Gasteiger partial charge in [0, 0.05) is 19.3 Å². The van der Waals surface area contributed by atoms with E-state index in [1.54, 1.807) is 5.70 Å². The van der Waals surface area contributed by atoms with E-state index < -0.39 is 0 Å². The summed E-state index contributed by atoms with van der Waals surface area (Å²) in [5.41, 5.74) is 3.05. The van der Waals surface area contributed by atoms with Crippen LogP contribution in [0.3, 0.4) is 0 Å². The molecule has 0 amide bonds. The zero-order valence-corrected chi connectivity index (χ0v) is 7.28. The van der Waals surface area contributed by atoms with Crippen molar-refractivity contribution in [1.82, 2.24) is 4.90 Å². The van der Waals surface area contributed by atoms with Gasteiger partial charge < -0.3 is 4.90 Å². The molecule has 1 aliphatic rings. The van der Waals surface area contributed by atoms with E-state index in [1.807, 2.05) is 0 Å². The second-order valence-corrected chi connectivity index (χ2v) is 3.33. The van der Waals surface area contributed by atoms with Crippen LogP contribution in [-0.4, -0.2) is 18.5 Å². The van der Waals surface area contributed by atoms with Crippen LogP contribution in [0.15, 0.2) is 11.3 Å². The van der Waals surface area contributed by atoms with Gasteiger partial charge in [0.15, 0.2) is 0 Å². The van der Waals surface area contributed by atoms with Gasteiger partial charge in [-0.3, -0.25) is 0 Å². The molecule has 1 saturated heterocycles. The van der Waals surface area contributed by atoms with E-state index in [2.05, 4.69) is 25.8 Å². The van der Waals surface area contributed by atoms with Crippen molar-refractivity contribution >= 4 is 0 Å². The fraction of sp³-hybridized carbons (Fsp3) is 0.778. The van der Waals surface area contributed by atoms with Crippen molar-refractivity contribution in [3.8, 4) is 0 Å². The van der Waals surface area contributed by atoms with Crippen molar-refractivity contribution in [2.24, 2.45) is 0 Å². The summed E-state index contributed by atoms with van der Waals surface area (Å²) in [4.78, 5) is 2.39. The zero-order chi connectivity index (χ0) is 7.56. The fourth-order valence-electron chi connectivity index (χ4n) is 1.60. The van der Waals surface area contributed by atoms with Crippen molar-refractivity contribution < 1.29 is 0 Å². The molecule has 0 unspecified atom stereocenters. The average Bonchev–Trinajstić information content (AvgIpc) is 1.88. The Bertz CT molecular complexity index is 143. The highest BCUT2D eigenvalue weighted by atomic mass is 15.1. The minimum Gasteiger partial charge on any atom is -0.378 e. The molecule has 58 valence electrons. The van der Waals surface area contributed by atoms with Crippen LogP contribution >= 0.6 is 0 Å². The van der Waals surface area contributed by atoms with Crippen LogP contribution in [0.2, 0.25) is 0 Å². The number of rotatable bonds is 0. The van der Waals surface area contributed by atoms with Gasteiger partial charge in [0.1, 0.15) is 0 Å². The van der Waals surface area contributed by atoms with Gasteiger partial charge in [0.25, 0.3) is 0 Å². The van der Waals surface area contributed by atoms with Crippen LogP contribution in [-0.2, 0) is 0 Å². The Hall–Kier alpha value is -0.460. The lowest BCUT2D eigenvalue weighted by Gasteiger charge is -2.28. The summed E-state index contributed by atoms with van der Waals surface area (Å²) in [6.07, 6.45) is 4.04. The highest BCUT2D eigenvalue weighted by Gasteiger charge is 2.10. The third-order valence-electron chi connectivity index (χ3n) is 2.20. The normalized spacial score (nSPS) is 19.5. The third-order valence-corrected chi connectivity index (χ3v) is 2.20. The smallest absolute Gasteiger partial charge is 0.0171 e. The Morgan fingerprint density at radius 3 is 2.40 bits per heavy atom. The Morgan fingerprint density at radius 1 is 1.30 bits per heavy atom. The van der Waals surface area contributed by atoms with Crippen LogP contribution < -0.4 is 0 Å². The van der Waals surface area contributed by atoms with E-state index in [4.69, 9.17) is 0 Å². The van der Waals surface area contributed by atoms with Gasteiger partial charge in [-0.2, -0.15) is 0 Å². The van der Waals surface area contributed by atoms with Crippen LogP contribution in [0, 0.1) is 0 Å². The zero-order valence-electron chi connectivity index (χ0n) is 7.28. The molecule has 0 aromatic heterocycles. The third kappa shape index (κ3) is 1.53. The number of likely N-dealkylation sites (tertiary alicyclic amines) is 1.